The van der Waals surface area contributed by atoms with Crippen LogP contribution in [0.15, 0.2) is 30.5 Å². The average Bonchev–Trinajstić information content (AvgIpc) is 2.85. The molecule has 2 aromatic rings. The first-order valence-corrected chi connectivity index (χ1v) is 7.08. The summed E-state index contributed by atoms with van der Waals surface area (Å²) in [6.07, 6.45) is 2.38. The van der Waals surface area contributed by atoms with Gasteiger partial charge in [-0.15, -0.1) is 0 Å². The summed E-state index contributed by atoms with van der Waals surface area (Å²) in [6, 6.07) is 7.74. The van der Waals surface area contributed by atoms with E-state index < -0.39 is 6.10 Å². The van der Waals surface area contributed by atoms with E-state index in [1.807, 2.05) is 30.5 Å². The predicted octanol–water partition coefficient (Wildman–Crippen LogP) is 3.10. The lowest BCUT2D eigenvalue weighted by molar-refractivity contribution is -0.127. The van der Waals surface area contributed by atoms with Crippen LogP contribution in [0.2, 0.25) is 0 Å². The van der Waals surface area contributed by atoms with Gasteiger partial charge in [-0.3, -0.25) is 4.79 Å². The lowest BCUT2D eigenvalue weighted by Crippen LogP contribution is -2.37. The maximum absolute atomic E-state index is 11.9. The fraction of sp³-hybridized carbons (Fsp3) is 0.438. The molecule has 2 N–H and O–H groups in total. The van der Waals surface area contributed by atoms with E-state index in [4.69, 9.17) is 4.74 Å². The van der Waals surface area contributed by atoms with Crippen molar-refractivity contribution >= 4 is 16.8 Å². The first kappa shape index (κ1) is 14.4. The molecule has 1 unspecified atom stereocenters. The lowest BCUT2D eigenvalue weighted by atomic mass is 10.1. The molecule has 1 aromatic heterocycles. The third-order valence-corrected chi connectivity index (χ3v) is 3.23. The molecule has 0 aliphatic heterocycles. The van der Waals surface area contributed by atoms with Gasteiger partial charge in [0, 0.05) is 23.6 Å². The molecule has 0 saturated carbocycles. The van der Waals surface area contributed by atoms with Gasteiger partial charge in [-0.2, -0.15) is 0 Å². The standard InChI is InChI=1S/C16H22N2O2/c1-11(2)6-8-18-16(19)12(3)20-14-4-5-15-13(10-14)7-9-17-15/h4-5,7,9-12,17H,6,8H2,1-3H3,(H,18,19). The van der Waals surface area contributed by atoms with Crippen LogP contribution >= 0.6 is 0 Å². The summed E-state index contributed by atoms with van der Waals surface area (Å²) in [6.45, 7) is 6.74. The normalized spacial score (nSPS) is 12.6. The highest BCUT2D eigenvalue weighted by atomic mass is 16.5. The lowest BCUT2D eigenvalue weighted by Gasteiger charge is -2.15. The molecule has 1 amide bonds. The first-order valence-electron chi connectivity index (χ1n) is 7.08. The summed E-state index contributed by atoms with van der Waals surface area (Å²) in [4.78, 5) is 15.0. The number of hydrogen-bond acceptors (Lipinski definition) is 2. The van der Waals surface area contributed by atoms with Gasteiger partial charge in [-0.1, -0.05) is 13.8 Å². The van der Waals surface area contributed by atoms with Crippen molar-refractivity contribution < 1.29 is 9.53 Å². The fourth-order valence-electron chi connectivity index (χ4n) is 1.99. The highest BCUT2D eigenvalue weighted by Gasteiger charge is 2.14. The van der Waals surface area contributed by atoms with E-state index >= 15 is 0 Å². The van der Waals surface area contributed by atoms with Crippen molar-refractivity contribution in [1.82, 2.24) is 10.3 Å². The highest BCUT2D eigenvalue weighted by molar-refractivity contribution is 5.82. The number of hydrogen-bond donors (Lipinski definition) is 2. The summed E-state index contributed by atoms with van der Waals surface area (Å²) >= 11 is 0. The van der Waals surface area contributed by atoms with Gasteiger partial charge in [0.05, 0.1) is 0 Å². The van der Waals surface area contributed by atoms with Crippen LogP contribution in [0.5, 0.6) is 5.75 Å². The highest BCUT2D eigenvalue weighted by Crippen LogP contribution is 2.20. The molecule has 0 saturated heterocycles. The number of amides is 1. The number of rotatable bonds is 6. The zero-order valence-corrected chi connectivity index (χ0v) is 12.3. The minimum Gasteiger partial charge on any atom is -0.481 e. The third-order valence-electron chi connectivity index (χ3n) is 3.23. The number of fused-ring (bicyclic) bond motifs is 1. The van der Waals surface area contributed by atoms with E-state index in [2.05, 4.69) is 24.1 Å². The molecule has 0 radical (unpaired) electrons. The van der Waals surface area contributed by atoms with E-state index in [1.54, 1.807) is 6.92 Å². The molecule has 0 spiro atoms. The molecule has 108 valence electrons. The number of benzene rings is 1. The minimum absolute atomic E-state index is 0.0696. The van der Waals surface area contributed by atoms with Crippen LogP contribution in [0.4, 0.5) is 0 Å². The molecule has 0 fully saturated rings. The summed E-state index contributed by atoms with van der Waals surface area (Å²) < 4.78 is 5.69. The molecular formula is C16H22N2O2. The molecule has 1 aromatic carbocycles. The number of ether oxygens (including phenoxy) is 1. The van der Waals surface area contributed by atoms with Crippen LogP contribution < -0.4 is 10.1 Å². The number of H-pyrrole nitrogens is 1. The Balaban J connectivity index is 1.89. The molecule has 1 heterocycles. The van der Waals surface area contributed by atoms with Gasteiger partial charge in [0.2, 0.25) is 0 Å². The summed E-state index contributed by atoms with van der Waals surface area (Å²) in [5.41, 5.74) is 1.06. The quantitative estimate of drug-likeness (QED) is 0.850. The Labute approximate surface area is 119 Å². The van der Waals surface area contributed by atoms with Crippen molar-refractivity contribution in [2.45, 2.75) is 33.3 Å². The first-order chi connectivity index (χ1) is 9.56. The van der Waals surface area contributed by atoms with Crippen LogP contribution in [-0.4, -0.2) is 23.5 Å². The number of aromatic amines is 1. The predicted molar refractivity (Wildman–Crippen MR) is 80.9 cm³/mol. The number of nitrogens with one attached hydrogen (secondary N) is 2. The Morgan fingerprint density at radius 3 is 2.85 bits per heavy atom. The van der Waals surface area contributed by atoms with E-state index in [0.717, 1.165) is 17.3 Å². The molecule has 4 nitrogen and oxygen atoms in total. The van der Waals surface area contributed by atoms with E-state index in [0.29, 0.717) is 18.2 Å². The van der Waals surface area contributed by atoms with Crippen molar-refractivity contribution in [2.24, 2.45) is 5.92 Å². The fourth-order valence-corrected chi connectivity index (χ4v) is 1.99. The van der Waals surface area contributed by atoms with Crippen LogP contribution in [-0.2, 0) is 4.79 Å². The SMILES string of the molecule is CC(C)CCNC(=O)C(C)Oc1ccc2[nH]ccc2c1. The molecular weight excluding hydrogens is 252 g/mol. The van der Waals surface area contributed by atoms with Crippen LogP contribution in [0.3, 0.4) is 0 Å². The van der Waals surface area contributed by atoms with Gasteiger partial charge in [-0.25, -0.2) is 0 Å². The van der Waals surface area contributed by atoms with Crippen molar-refractivity contribution in [3.05, 3.63) is 30.5 Å². The maximum Gasteiger partial charge on any atom is 0.260 e. The Morgan fingerprint density at radius 2 is 2.10 bits per heavy atom. The topological polar surface area (TPSA) is 54.1 Å². The van der Waals surface area contributed by atoms with Crippen LogP contribution in [0.1, 0.15) is 27.2 Å². The van der Waals surface area contributed by atoms with E-state index in [9.17, 15) is 4.79 Å². The van der Waals surface area contributed by atoms with Gasteiger partial charge >= 0.3 is 0 Å². The Hall–Kier alpha value is -1.97. The Morgan fingerprint density at radius 1 is 1.30 bits per heavy atom. The van der Waals surface area contributed by atoms with Crippen molar-refractivity contribution in [2.75, 3.05) is 6.54 Å². The summed E-state index contributed by atoms with van der Waals surface area (Å²) in [5, 5.41) is 3.97. The average molecular weight is 274 g/mol. The van der Waals surface area contributed by atoms with E-state index in [-0.39, 0.29) is 5.91 Å². The second-order valence-electron chi connectivity index (χ2n) is 5.46. The summed E-state index contributed by atoms with van der Waals surface area (Å²) in [5.74, 6) is 1.23. The second-order valence-corrected chi connectivity index (χ2v) is 5.46. The zero-order chi connectivity index (χ0) is 14.5. The smallest absolute Gasteiger partial charge is 0.260 e. The van der Waals surface area contributed by atoms with Gasteiger partial charge in [0.15, 0.2) is 6.10 Å². The molecule has 4 heteroatoms. The Bertz CT molecular complexity index is 575. The Kier molecular flexibility index (Phi) is 4.66. The molecule has 1 atom stereocenters. The monoisotopic (exact) mass is 274 g/mol. The third kappa shape index (κ3) is 3.76. The van der Waals surface area contributed by atoms with Crippen molar-refractivity contribution in [1.29, 1.82) is 0 Å². The van der Waals surface area contributed by atoms with Gasteiger partial charge in [0.25, 0.3) is 5.91 Å². The van der Waals surface area contributed by atoms with Crippen molar-refractivity contribution in [3.63, 3.8) is 0 Å². The largest absolute Gasteiger partial charge is 0.481 e. The molecule has 0 aliphatic carbocycles. The van der Waals surface area contributed by atoms with Crippen molar-refractivity contribution in [3.8, 4) is 5.75 Å². The number of aromatic nitrogens is 1. The molecule has 2 rings (SSSR count). The number of carbonyl (C=O) groups is 1. The molecule has 0 bridgehead atoms. The van der Waals surface area contributed by atoms with Gasteiger partial charge in [-0.05, 0) is 43.5 Å². The maximum atomic E-state index is 11.9. The summed E-state index contributed by atoms with van der Waals surface area (Å²) in [7, 11) is 0. The second kappa shape index (κ2) is 6.46. The molecule has 20 heavy (non-hydrogen) atoms. The van der Waals surface area contributed by atoms with Gasteiger partial charge < -0.3 is 15.0 Å². The van der Waals surface area contributed by atoms with Gasteiger partial charge in [0.1, 0.15) is 5.75 Å². The zero-order valence-electron chi connectivity index (χ0n) is 12.3. The minimum atomic E-state index is -0.487. The van der Waals surface area contributed by atoms with E-state index in [1.165, 1.54) is 0 Å². The molecule has 0 aliphatic rings. The number of carbonyl (C=O) groups excluding carboxylic acids is 1. The van der Waals surface area contributed by atoms with Crippen LogP contribution in [0, 0.1) is 5.92 Å². The van der Waals surface area contributed by atoms with Crippen LogP contribution in [0.25, 0.3) is 10.9 Å².